The number of carbonyl (C=O) groups is 2. The summed E-state index contributed by atoms with van der Waals surface area (Å²) in [5.41, 5.74) is 4.07. The zero-order valence-electron chi connectivity index (χ0n) is 23.5. The Hall–Kier alpha value is -2.82. The fourth-order valence-corrected chi connectivity index (χ4v) is 8.86. The van der Waals surface area contributed by atoms with Crippen LogP contribution >= 0.6 is 0 Å². The Morgan fingerprint density at radius 2 is 1.55 bits per heavy atom. The van der Waals surface area contributed by atoms with Gasteiger partial charge in [-0.25, -0.2) is 0 Å². The molecular weight excluding hydrogens is 474 g/mol. The maximum Gasteiger partial charge on any atom is 0.306 e. The van der Waals surface area contributed by atoms with Gasteiger partial charge in [0.2, 0.25) is 0 Å². The molecule has 0 spiro atoms. The van der Waals surface area contributed by atoms with Gasteiger partial charge >= 0.3 is 5.97 Å². The first-order valence-electron chi connectivity index (χ1n) is 14.5. The highest BCUT2D eigenvalue weighted by Crippen LogP contribution is 2.68. The van der Waals surface area contributed by atoms with E-state index >= 15 is 0 Å². The molecule has 4 saturated carbocycles. The number of benzene rings is 2. The molecule has 0 aliphatic heterocycles. The lowest BCUT2D eigenvalue weighted by Gasteiger charge is -2.67. The summed E-state index contributed by atoms with van der Waals surface area (Å²) in [5.74, 6) is 3.90. The summed E-state index contributed by atoms with van der Waals surface area (Å²) in [6.07, 6.45) is 5.22. The summed E-state index contributed by atoms with van der Waals surface area (Å²) in [4.78, 5) is 24.6. The highest BCUT2D eigenvalue weighted by atomic mass is 16.5. The number of carboxylic acids is 1. The van der Waals surface area contributed by atoms with Gasteiger partial charge in [-0.1, -0.05) is 52.0 Å². The van der Waals surface area contributed by atoms with Gasteiger partial charge in [0.15, 0.2) is 0 Å². The first-order chi connectivity index (χ1) is 18.2. The van der Waals surface area contributed by atoms with Crippen LogP contribution in [0.3, 0.4) is 0 Å². The third kappa shape index (κ3) is 4.32. The van der Waals surface area contributed by atoms with Crippen molar-refractivity contribution in [2.75, 3.05) is 7.11 Å². The van der Waals surface area contributed by atoms with Crippen molar-refractivity contribution in [2.45, 2.75) is 71.8 Å². The molecule has 4 aliphatic rings. The van der Waals surface area contributed by atoms with Gasteiger partial charge in [-0.3, -0.25) is 9.59 Å². The molecule has 0 heterocycles. The van der Waals surface area contributed by atoms with Crippen LogP contribution in [0.25, 0.3) is 0 Å². The Morgan fingerprint density at radius 3 is 2.05 bits per heavy atom. The predicted octanol–water partition coefficient (Wildman–Crippen LogP) is 6.48. The normalized spacial score (nSPS) is 32.1. The van der Waals surface area contributed by atoms with Crippen molar-refractivity contribution in [1.29, 1.82) is 0 Å². The molecule has 0 radical (unpaired) electrons. The van der Waals surface area contributed by atoms with E-state index in [-0.39, 0.29) is 11.3 Å². The average molecular weight is 518 g/mol. The van der Waals surface area contributed by atoms with Gasteiger partial charge < -0.3 is 15.2 Å². The van der Waals surface area contributed by atoms with Crippen molar-refractivity contribution < 1.29 is 19.4 Å². The monoisotopic (exact) mass is 517 g/mol. The molecule has 5 nitrogen and oxygen atoms in total. The van der Waals surface area contributed by atoms with Crippen molar-refractivity contribution in [1.82, 2.24) is 5.32 Å². The average Bonchev–Trinajstić information content (AvgIpc) is 2.93. The Labute approximate surface area is 227 Å². The lowest BCUT2D eigenvalue weighted by molar-refractivity contribution is -0.141. The van der Waals surface area contributed by atoms with Crippen molar-refractivity contribution in [3.63, 3.8) is 0 Å². The number of nitrogens with one attached hydrogen (secondary N) is 1. The van der Waals surface area contributed by atoms with Crippen molar-refractivity contribution in [2.24, 2.45) is 41.4 Å². The lowest BCUT2D eigenvalue weighted by atomic mass is 9.37. The first kappa shape index (κ1) is 26.8. The standard InChI is InChI=1S/C33H43NO4/c1-6-23(32(36)37)13-22-7-12-30(38-5)28(14-22)18-34-31(35)24-8-10-29(11-9-24)33-19(2)25-15-26(20(33)3)17-27(16-25)21(33)4/h7-12,14,19-21,23,25-27H,6,13,15-18H2,1-5H3,(H,34,35)(H,36,37)/t19?,20?,21?,23-,25?,26?,27?,33?/m1/s1. The predicted molar refractivity (Wildman–Crippen MR) is 149 cm³/mol. The number of carbonyl (C=O) groups excluding carboxylic acids is 1. The SMILES string of the molecule is CC[C@H](Cc1ccc(OC)c(CNC(=O)c2ccc(C34C(C)C5CC(CC(C5)C3C)C4C)cc2)c1)C(=O)O. The summed E-state index contributed by atoms with van der Waals surface area (Å²) < 4.78 is 5.51. The minimum absolute atomic E-state index is 0.111. The number of carboxylic acid groups (broad SMARTS) is 1. The largest absolute Gasteiger partial charge is 0.496 e. The van der Waals surface area contributed by atoms with Crippen LogP contribution in [-0.4, -0.2) is 24.1 Å². The van der Waals surface area contributed by atoms with Crippen LogP contribution in [0.15, 0.2) is 42.5 Å². The van der Waals surface area contributed by atoms with E-state index in [1.165, 1.54) is 24.8 Å². The summed E-state index contributed by atoms with van der Waals surface area (Å²) >= 11 is 0. The molecule has 2 aromatic rings. The van der Waals surface area contributed by atoms with E-state index in [4.69, 9.17) is 4.74 Å². The van der Waals surface area contributed by atoms with Crippen LogP contribution in [0.5, 0.6) is 5.75 Å². The number of hydrogen-bond donors (Lipinski definition) is 2. The van der Waals surface area contributed by atoms with Gasteiger partial charge in [-0.15, -0.1) is 0 Å². The summed E-state index contributed by atoms with van der Waals surface area (Å²) in [6.45, 7) is 9.66. The molecule has 2 aromatic carbocycles. The maximum absolute atomic E-state index is 13.1. The molecule has 38 heavy (non-hydrogen) atoms. The Kier molecular flexibility index (Phi) is 7.32. The van der Waals surface area contributed by atoms with E-state index < -0.39 is 11.9 Å². The number of hydrogen-bond acceptors (Lipinski definition) is 3. The third-order valence-electron chi connectivity index (χ3n) is 11.0. The van der Waals surface area contributed by atoms with E-state index in [2.05, 4.69) is 38.2 Å². The van der Waals surface area contributed by atoms with E-state index in [0.717, 1.165) is 28.9 Å². The molecule has 6 rings (SSSR count). The van der Waals surface area contributed by atoms with Crippen LogP contribution in [0.4, 0.5) is 0 Å². The van der Waals surface area contributed by atoms with Gasteiger partial charge in [-0.05, 0) is 96.9 Å². The molecule has 1 amide bonds. The van der Waals surface area contributed by atoms with E-state index in [0.29, 0.717) is 48.5 Å². The summed E-state index contributed by atoms with van der Waals surface area (Å²) in [7, 11) is 1.61. The molecule has 0 saturated heterocycles. The van der Waals surface area contributed by atoms with E-state index in [9.17, 15) is 14.7 Å². The quantitative estimate of drug-likeness (QED) is 0.399. The number of methoxy groups -OCH3 is 1. The smallest absolute Gasteiger partial charge is 0.306 e. The van der Waals surface area contributed by atoms with Gasteiger partial charge in [-0.2, -0.15) is 0 Å². The molecular formula is C33H43NO4. The maximum atomic E-state index is 13.1. The first-order valence-corrected chi connectivity index (χ1v) is 14.5. The lowest BCUT2D eigenvalue weighted by Crippen LogP contribution is -2.63. The molecule has 5 heteroatoms. The van der Waals surface area contributed by atoms with Crippen LogP contribution in [0.1, 0.15) is 80.4 Å². The zero-order valence-corrected chi connectivity index (χ0v) is 23.5. The highest BCUT2D eigenvalue weighted by Gasteiger charge is 2.63. The topological polar surface area (TPSA) is 75.6 Å². The van der Waals surface area contributed by atoms with E-state index in [1.54, 1.807) is 7.11 Å². The Balaban J connectivity index is 1.31. The summed E-state index contributed by atoms with van der Waals surface area (Å²) in [5, 5.41) is 12.5. The fourth-order valence-electron chi connectivity index (χ4n) is 8.86. The molecule has 0 aromatic heterocycles. The fraction of sp³-hybridized carbons (Fsp3) is 0.576. The van der Waals surface area contributed by atoms with Crippen molar-refractivity contribution in [3.05, 3.63) is 64.7 Å². The van der Waals surface area contributed by atoms with Gasteiger partial charge in [0, 0.05) is 23.1 Å². The molecule has 2 N–H and O–H groups in total. The molecule has 3 unspecified atom stereocenters. The Bertz CT molecular complexity index is 1140. The molecule has 204 valence electrons. The molecule has 4 fully saturated rings. The van der Waals surface area contributed by atoms with Gasteiger partial charge in [0.1, 0.15) is 5.75 Å². The Morgan fingerprint density at radius 1 is 0.974 bits per heavy atom. The second kappa shape index (κ2) is 10.4. The van der Waals surface area contributed by atoms with Crippen LogP contribution in [0.2, 0.25) is 0 Å². The highest BCUT2D eigenvalue weighted by molar-refractivity contribution is 5.94. The van der Waals surface area contributed by atoms with Crippen LogP contribution in [-0.2, 0) is 23.2 Å². The van der Waals surface area contributed by atoms with Gasteiger partial charge in [0.05, 0.1) is 13.0 Å². The van der Waals surface area contributed by atoms with Crippen LogP contribution in [0, 0.1) is 41.4 Å². The van der Waals surface area contributed by atoms with Gasteiger partial charge in [0.25, 0.3) is 5.91 Å². The molecule has 4 aliphatic carbocycles. The van der Waals surface area contributed by atoms with E-state index in [1.807, 2.05) is 37.3 Å². The van der Waals surface area contributed by atoms with Crippen molar-refractivity contribution >= 4 is 11.9 Å². The van der Waals surface area contributed by atoms with Crippen LogP contribution < -0.4 is 10.1 Å². The number of rotatable bonds is 9. The minimum Gasteiger partial charge on any atom is -0.496 e. The second-order valence-electron chi connectivity index (χ2n) is 12.3. The molecule has 4 atom stereocenters. The molecule has 4 bridgehead atoms. The number of aliphatic carboxylic acids is 1. The third-order valence-corrected chi connectivity index (χ3v) is 11.0. The van der Waals surface area contributed by atoms with Crippen molar-refractivity contribution in [3.8, 4) is 5.75 Å². The summed E-state index contributed by atoms with van der Waals surface area (Å²) in [6, 6.07) is 14.2. The minimum atomic E-state index is -0.784. The number of ether oxygens (including phenoxy) is 1. The zero-order chi connectivity index (χ0) is 27.2. The second-order valence-corrected chi connectivity index (χ2v) is 12.3. The number of amides is 1.